The molecule has 234 valence electrons. The number of aryl methyl sites for hydroxylation is 1. The van der Waals surface area contributed by atoms with Gasteiger partial charge in [0.15, 0.2) is 0 Å². The Labute approximate surface area is 261 Å². The summed E-state index contributed by atoms with van der Waals surface area (Å²) in [5.74, 6) is -2.98. The summed E-state index contributed by atoms with van der Waals surface area (Å²) in [6.45, 7) is 12.9. The fourth-order valence-corrected chi connectivity index (χ4v) is 8.36. The predicted octanol–water partition coefficient (Wildman–Crippen LogP) is 4.81. The molecule has 44 heavy (non-hydrogen) atoms. The molecule has 0 spiro atoms. The number of benzene rings is 1. The molecule has 0 unspecified atom stereocenters. The van der Waals surface area contributed by atoms with Gasteiger partial charge >= 0.3 is 0 Å². The summed E-state index contributed by atoms with van der Waals surface area (Å²) in [7, 11) is 1.56. The van der Waals surface area contributed by atoms with E-state index in [0.29, 0.717) is 0 Å². The molecule has 4 amide bonds. The van der Waals surface area contributed by atoms with E-state index < -0.39 is 23.7 Å². The summed E-state index contributed by atoms with van der Waals surface area (Å²) in [5.41, 5.74) is 9.21. The van der Waals surface area contributed by atoms with Crippen molar-refractivity contribution in [3.63, 3.8) is 0 Å². The summed E-state index contributed by atoms with van der Waals surface area (Å²) in [6.07, 6.45) is 11.9. The molecule has 2 N–H and O–H groups in total. The van der Waals surface area contributed by atoms with Gasteiger partial charge in [-0.15, -0.1) is 6.58 Å². The lowest BCUT2D eigenvalue weighted by molar-refractivity contribution is -0.141. The Morgan fingerprint density at radius 2 is 1.30 bits per heavy atom. The average Bonchev–Trinajstić information content (AvgIpc) is 3.61. The maximum absolute atomic E-state index is 13.9. The number of hydrogen-bond acceptors (Lipinski definition) is 5. The van der Waals surface area contributed by atoms with Crippen LogP contribution in [-0.2, 0) is 25.6 Å². The molecule has 1 aromatic rings. The average molecular weight is 598 g/mol. The van der Waals surface area contributed by atoms with Gasteiger partial charge in [-0.1, -0.05) is 99.6 Å². The van der Waals surface area contributed by atoms with Crippen molar-refractivity contribution in [1.82, 2.24) is 9.80 Å². The zero-order valence-corrected chi connectivity index (χ0v) is 26.7. The molecule has 8 atom stereocenters. The lowest BCUT2D eigenvalue weighted by Gasteiger charge is -2.24. The minimum absolute atomic E-state index is 0.0831. The Morgan fingerprint density at radius 3 is 1.86 bits per heavy atom. The number of nitrogens with zero attached hydrogens (tertiary/aromatic N) is 2. The normalized spacial score (nSPS) is 33.7. The van der Waals surface area contributed by atoms with Crippen LogP contribution in [0.15, 0.2) is 78.4 Å². The van der Waals surface area contributed by atoms with Crippen molar-refractivity contribution >= 4 is 23.6 Å². The highest BCUT2D eigenvalue weighted by Gasteiger charge is 2.61. The number of nitrogens with two attached hydrogens (primary N) is 1. The smallest absolute Gasteiger partial charge is 0.234 e. The second kappa shape index (κ2) is 12.8. The van der Waals surface area contributed by atoms with Crippen LogP contribution in [0.4, 0.5) is 0 Å². The van der Waals surface area contributed by atoms with Gasteiger partial charge in [-0.05, 0) is 36.2 Å². The van der Waals surface area contributed by atoms with Crippen LogP contribution >= 0.6 is 0 Å². The van der Waals surface area contributed by atoms with Gasteiger partial charge in [0, 0.05) is 37.9 Å². The van der Waals surface area contributed by atoms with Gasteiger partial charge < -0.3 is 5.73 Å². The zero-order chi connectivity index (χ0) is 31.9. The number of amides is 4. The lowest BCUT2D eigenvalue weighted by Crippen LogP contribution is -2.37. The molecular weight excluding hydrogens is 550 g/mol. The van der Waals surface area contributed by atoms with E-state index in [0.717, 1.165) is 24.0 Å². The van der Waals surface area contributed by atoms with Gasteiger partial charge in [0.2, 0.25) is 23.6 Å². The van der Waals surface area contributed by atoms with Crippen LogP contribution in [0.25, 0.3) is 0 Å². The lowest BCUT2D eigenvalue weighted by atomic mass is 9.84. The third kappa shape index (κ3) is 5.44. The Hall–Kier alpha value is -3.58. The van der Waals surface area contributed by atoms with Crippen LogP contribution < -0.4 is 5.73 Å². The third-order valence-corrected chi connectivity index (χ3v) is 10.1. The SMILES string of the molecule is C=C[C@H]1C(=CC(C)C)[C@@H](C=C[C@H]2C(=CC(C)C)[C@@H](CCc3ccccc3)[C@@H]3C(=O)N(CCN)C(=O)[C@@H]32)[C@@H]2C(=O)N(C)C(=O)[C@@H]21. The highest BCUT2D eigenvalue weighted by molar-refractivity contribution is 6.07. The molecule has 0 aromatic heterocycles. The van der Waals surface area contributed by atoms with Crippen LogP contribution in [0.1, 0.15) is 39.7 Å². The predicted molar refractivity (Wildman–Crippen MR) is 171 cm³/mol. The number of fused-ring (bicyclic) bond motifs is 2. The van der Waals surface area contributed by atoms with Gasteiger partial charge in [0.1, 0.15) is 0 Å². The number of imide groups is 2. The molecule has 2 heterocycles. The second-order valence-electron chi connectivity index (χ2n) is 13.6. The Kier molecular flexibility index (Phi) is 9.26. The fraction of sp³-hybridized carbons (Fsp3) is 0.514. The Balaban J connectivity index is 1.58. The first-order valence-corrected chi connectivity index (χ1v) is 16.2. The number of likely N-dealkylation sites (tertiary alicyclic amines) is 2. The minimum atomic E-state index is -0.510. The molecule has 5 rings (SSSR count). The first kappa shape index (κ1) is 31.8. The topological polar surface area (TPSA) is 101 Å². The maximum atomic E-state index is 13.9. The van der Waals surface area contributed by atoms with E-state index in [1.165, 1.54) is 15.4 Å². The molecule has 2 saturated carbocycles. The van der Waals surface area contributed by atoms with Gasteiger partial charge in [-0.3, -0.25) is 29.0 Å². The van der Waals surface area contributed by atoms with Crippen molar-refractivity contribution in [2.45, 2.75) is 40.5 Å². The largest absolute Gasteiger partial charge is 0.329 e. The van der Waals surface area contributed by atoms with Crippen molar-refractivity contribution in [3.05, 3.63) is 84.0 Å². The van der Waals surface area contributed by atoms with Crippen LogP contribution in [-0.4, -0.2) is 53.6 Å². The van der Waals surface area contributed by atoms with Gasteiger partial charge in [-0.25, -0.2) is 0 Å². The number of allylic oxidation sites excluding steroid dienone is 7. The number of hydrogen-bond donors (Lipinski definition) is 1. The third-order valence-electron chi connectivity index (χ3n) is 10.1. The summed E-state index contributed by atoms with van der Waals surface area (Å²) in [4.78, 5) is 57.1. The molecule has 4 aliphatic rings. The van der Waals surface area contributed by atoms with Crippen molar-refractivity contribution in [2.24, 2.45) is 64.9 Å². The quantitative estimate of drug-likeness (QED) is 0.308. The highest BCUT2D eigenvalue weighted by atomic mass is 16.2. The first-order valence-electron chi connectivity index (χ1n) is 16.2. The van der Waals surface area contributed by atoms with E-state index in [1.54, 1.807) is 7.05 Å². The van der Waals surface area contributed by atoms with Crippen LogP contribution in [0.3, 0.4) is 0 Å². The van der Waals surface area contributed by atoms with Crippen LogP contribution in [0, 0.1) is 59.2 Å². The molecule has 2 aliphatic carbocycles. The molecule has 7 nitrogen and oxygen atoms in total. The summed E-state index contributed by atoms with van der Waals surface area (Å²) >= 11 is 0. The monoisotopic (exact) mass is 597 g/mol. The van der Waals surface area contributed by atoms with E-state index in [1.807, 2.05) is 24.3 Å². The standard InChI is InChI=1S/C37H47N3O4/c1-7-24-28(19-21(2)3)26(31-30(24)34(41)39(6)35(31)42)15-16-27-29(20-22(4)5)25(14-13-23-11-9-8-10-12-23)32-33(27)37(44)40(18-17-38)36(32)43/h7-12,15-16,19-22,24-27,30-33H,1,13-14,17-18,38H2,2-6H3/t24-,25+,26+,27-,30+,31-,32-,33+/m0/s1. The van der Waals surface area contributed by atoms with Crippen molar-refractivity contribution in [1.29, 1.82) is 0 Å². The zero-order valence-electron chi connectivity index (χ0n) is 26.7. The van der Waals surface area contributed by atoms with E-state index >= 15 is 0 Å². The Bertz CT molecular complexity index is 1410. The molecule has 1 aromatic carbocycles. The highest BCUT2D eigenvalue weighted by Crippen LogP contribution is 2.55. The first-order chi connectivity index (χ1) is 21.0. The van der Waals surface area contributed by atoms with E-state index in [4.69, 9.17) is 5.73 Å². The van der Waals surface area contributed by atoms with Crippen molar-refractivity contribution in [3.8, 4) is 0 Å². The molecule has 0 radical (unpaired) electrons. The molecular formula is C37H47N3O4. The molecule has 7 heteroatoms. The van der Waals surface area contributed by atoms with Gasteiger partial charge in [-0.2, -0.15) is 0 Å². The van der Waals surface area contributed by atoms with Crippen LogP contribution in [0.2, 0.25) is 0 Å². The van der Waals surface area contributed by atoms with Gasteiger partial charge in [0.05, 0.1) is 23.7 Å². The summed E-state index contributed by atoms with van der Waals surface area (Å²) in [6, 6.07) is 10.2. The van der Waals surface area contributed by atoms with Gasteiger partial charge in [0.25, 0.3) is 0 Å². The maximum Gasteiger partial charge on any atom is 0.234 e. The molecule has 0 bridgehead atoms. The van der Waals surface area contributed by atoms with E-state index in [9.17, 15) is 19.2 Å². The fourth-order valence-electron chi connectivity index (χ4n) is 8.36. The van der Waals surface area contributed by atoms with Crippen molar-refractivity contribution < 1.29 is 19.2 Å². The number of rotatable bonds is 10. The van der Waals surface area contributed by atoms with E-state index in [-0.39, 0.29) is 72.2 Å². The molecule has 2 aliphatic heterocycles. The Morgan fingerprint density at radius 1 is 0.773 bits per heavy atom. The summed E-state index contributed by atoms with van der Waals surface area (Å²) < 4.78 is 0. The van der Waals surface area contributed by atoms with Crippen molar-refractivity contribution in [2.75, 3.05) is 20.1 Å². The molecule has 2 saturated heterocycles. The number of carbonyl (C=O) groups excluding carboxylic acids is 4. The van der Waals surface area contributed by atoms with Crippen LogP contribution in [0.5, 0.6) is 0 Å². The minimum Gasteiger partial charge on any atom is -0.329 e. The second-order valence-corrected chi connectivity index (χ2v) is 13.6. The number of carbonyl (C=O) groups is 4. The molecule has 4 fully saturated rings. The summed E-state index contributed by atoms with van der Waals surface area (Å²) in [5, 5.41) is 0. The van der Waals surface area contributed by atoms with E-state index in [2.05, 4.69) is 70.7 Å².